The van der Waals surface area contributed by atoms with Crippen molar-refractivity contribution < 1.29 is 4.74 Å². The molecule has 0 amide bonds. The average Bonchev–Trinajstić information content (AvgIpc) is 2.52. The number of hydrogen-bond acceptors (Lipinski definition) is 3. The fourth-order valence-corrected chi connectivity index (χ4v) is 4.02. The van der Waals surface area contributed by atoms with Crippen LogP contribution in [0.3, 0.4) is 0 Å². The van der Waals surface area contributed by atoms with Gasteiger partial charge < -0.3 is 10.1 Å². The monoisotopic (exact) mass is 245 g/mol. The van der Waals surface area contributed by atoms with Crippen LogP contribution in [0.2, 0.25) is 0 Å². The van der Waals surface area contributed by atoms with Gasteiger partial charge in [-0.2, -0.15) is 11.8 Å². The highest BCUT2D eigenvalue weighted by atomic mass is 32.2. The molecule has 1 N–H and O–H groups in total. The van der Waals surface area contributed by atoms with E-state index in [0.717, 1.165) is 24.2 Å². The fourth-order valence-electron chi connectivity index (χ4n) is 2.51. The maximum absolute atomic E-state index is 5.13. The lowest BCUT2D eigenvalue weighted by Gasteiger charge is -2.31. The summed E-state index contributed by atoms with van der Waals surface area (Å²) in [5, 5.41) is 4.51. The summed E-state index contributed by atoms with van der Waals surface area (Å²) in [6.45, 7) is 9.06. The molecule has 2 unspecified atom stereocenters. The van der Waals surface area contributed by atoms with E-state index < -0.39 is 0 Å². The predicted octanol–water partition coefficient (Wildman–Crippen LogP) is 2.92. The smallest absolute Gasteiger partial charge is 0.0553 e. The Hall–Kier alpha value is 0.270. The molecule has 1 aliphatic carbocycles. The van der Waals surface area contributed by atoms with Crippen LogP contribution in [0.15, 0.2) is 0 Å². The Bertz CT molecular complexity index is 196. The zero-order valence-electron chi connectivity index (χ0n) is 11.2. The summed E-state index contributed by atoms with van der Waals surface area (Å²) in [7, 11) is 1.78. The molecule has 16 heavy (non-hydrogen) atoms. The highest BCUT2D eigenvalue weighted by Gasteiger charge is 2.41. The summed E-state index contributed by atoms with van der Waals surface area (Å²) < 4.78 is 5.13. The van der Waals surface area contributed by atoms with Crippen LogP contribution in [0, 0.1) is 5.41 Å². The van der Waals surface area contributed by atoms with Gasteiger partial charge in [-0.05, 0) is 31.2 Å². The van der Waals surface area contributed by atoms with Crippen molar-refractivity contribution in [2.45, 2.75) is 51.3 Å². The van der Waals surface area contributed by atoms with E-state index in [1.165, 1.54) is 19.3 Å². The minimum Gasteiger partial charge on any atom is -0.384 e. The third kappa shape index (κ3) is 3.94. The van der Waals surface area contributed by atoms with Crippen molar-refractivity contribution in [1.29, 1.82) is 0 Å². The van der Waals surface area contributed by atoms with Gasteiger partial charge in [-0.15, -0.1) is 0 Å². The highest BCUT2D eigenvalue weighted by molar-refractivity contribution is 8.00. The summed E-state index contributed by atoms with van der Waals surface area (Å²) in [5.41, 5.74) is 0.458. The molecule has 1 saturated carbocycles. The SMILES string of the molecule is CCCNC1C(SCCOC)CCC1(C)C. The molecule has 0 aromatic carbocycles. The molecule has 2 atom stereocenters. The van der Waals surface area contributed by atoms with Crippen molar-refractivity contribution in [3.63, 3.8) is 0 Å². The van der Waals surface area contributed by atoms with Crippen LogP contribution in [-0.2, 0) is 4.74 Å². The molecule has 0 aromatic heterocycles. The molecule has 0 aliphatic heterocycles. The van der Waals surface area contributed by atoms with E-state index in [1.54, 1.807) is 7.11 Å². The van der Waals surface area contributed by atoms with E-state index >= 15 is 0 Å². The second-order valence-corrected chi connectivity index (χ2v) is 6.71. The standard InChI is InChI=1S/C13H27NOS/c1-5-8-14-12-11(16-10-9-15-4)6-7-13(12,2)3/h11-12,14H,5-10H2,1-4H3. The molecule has 0 spiro atoms. The van der Waals surface area contributed by atoms with Crippen molar-refractivity contribution in [1.82, 2.24) is 5.32 Å². The van der Waals surface area contributed by atoms with Crippen LogP contribution in [-0.4, -0.2) is 37.3 Å². The first-order valence-electron chi connectivity index (χ1n) is 6.45. The Kier molecular flexibility index (Phi) is 6.16. The van der Waals surface area contributed by atoms with Crippen LogP contribution < -0.4 is 5.32 Å². The molecule has 2 nitrogen and oxygen atoms in total. The molecule has 3 heteroatoms. The fraction of sp³-hybridized carbons (Fsp3) is 1.00. The molecule has 0 saturated heterocycles. The molecule has 1 aliphatic rings. The average molecular weight is 245 g/mol. The van der Waals surface area contributed by atoms with E-state index in [-0.39, 0.29) is 0 Å². The summed E-state index contributed by atoms with van der Waals surface area (Å²) in [6, 6.07) is 0.675. The Morgan fingerprint density at radius 3 is 2.81 bits per heavy atom. The third-order valence-corrected chi connectivity index (χ3v) is 4.86. The van der Waals surface area contributed by atoms with Gasteiger partial charge in [-0.1, -0.05) is 20.8 Å². The first kappa shape index (κ1) is 14.3. The van der Waals surface area contributed by atoms with Crippen LogP contribution in [0.4, 0.5) is 0 Å². The number of rotatable bonds is 7. The van der Waals surface area contributed by atoms with Crippen molar-refractivity contribution in [2.24, 2.45) is 5.41 Å². The molecule has 1 rings (SSSR count). The topological polar surface area (TPSA) is 21.3 Å². The van der Waals surface area contributed by atoms with Crippen molar-refractivity contribution >= 4 is 11.8 Å². The van der Waals surface area contributed by atoms with Gasteiger partial charge in [0.25, 0.3) is 0 Å². The molecule has 0 bridgehead atoms. The minimum absolute atomic E-state index is 0.458. The minimum atomic E-state index is 0.458. The quantitative estimate of drug-likeness (QED) is 0.697. The first-order valence-corrected chi connectivity index (χ1v) is 7.50. The number of ether oxygens (including phenoxy) is 1. The molecule has 0 radical (unpaired) electrons. The summed E-state index contributed by atoms with van der Waals surface area (Å²) in [4.78, 5) is 0. The molecule has 0 heterocycles. The van der Waals surface area contributed by atoms with Crippen LogP contribution in [0.5, 0.6) is 0 Å². The van der Waals surface area contributed by atoms with Gasteiger partial charge in [-0.25, -0.2) is 0 Å². The molecular weight excluding hydrogens is 218 g/mol. The molecule has 96 valence electrons. The highest BCUT2D eigenvalue weighted by Crippen LogP contribution is 2.42. The number of thioether (sulfide) groups is 1. The van der Waals surface area contributed by atoms with Gasteiger partial charge in [-0.3, -0.25) is 0 Å². The Labute approximate surface area is 105 Å². The lowest BCUT2D eigenvalue weighted by atomic mass is 9.87. The third-order valence-electron chi connectivity index (χ3n) is 3.52. The van der Waals surface area contributed by atoms with E-state index in [9.17, 15) is 0 Å². The number of hydrogen-bond donors (Lipinski definition) is 1. The maximum atomic E-state index is 5.13. The van der Waals surface area contributed by atoms with Gasteiger partial charge in [0.1, 0.15) is 0 Å². The van der Waals surface area contributed by atoms with Gasteiger partial charge in [0, 0.05) is 24.2 Å². The lowest BCUT2D eigenvalue weighted by Crippen LogP contribution is -2.43. The summed E-state index contributed by atoms with van der Waals surface area (Å²) in [5.74, 6) is 1.13. The van der Waals surface area contributed by atoms with Crippen LogP contribution in [0.1, 0.15) is 40.0 Å². The predicted molar refractivity (Wildman–Crippen MR) is 73.2 cm³/mol. The Morgan fingerprint density at radius 1 is 1.44 bits per heavy atom. The van der Waals surface area contributed by atoms with Gasteiger partial charge >= 0.3 is 0 Å². The largest absolute Gasteiger partial charge is 0.384 e. The van der Waals surface area contributed by atoms with Crippen molar-refractivity contribution in [3.05, 3.63) is 0 Å². The van der Waals surface area contributed by atoms with Crippen LogP contribution in [0.25, 0.3) is 0 Å². The maximum Gasteiger partial charge on any atom is 0.0553 e. The molecule has 0 aromatic rings. The van der Waals surface area contributed by atoms with E-state index in [2.05, 4.69) is 37.8 Å². The van der Waals surface area contributed by atoms with E-state index in [4.69, 9.17) is 4.74 Å². The Balaban J connectivity index is 2.42. The zero-order chi connectivity index (χ0) is 12.0. The van der Waals surface area contributed by atoms with E-state index in [0.29, 0.717) is 11.5 Å². The van der Waals surface area contributed by atoms with Gasteiger partial charge in [0.15, 0.2) is 0 Å². The van der Waals surface area contributed by atoms with E-state index in [1.807, 2.05) is 0 Å². The number of methoxy groups -OCH3 is 1. The zero-order valence-corrected chi connectivity index (χ0v) is 12.0. The lowest BCUT2D eigenvalue weighted by molar-refractivity contribution is 0.218. The Morgan fingerprint density at radius 2 is 2.19 bits per heavy atom. The molecular formula is C13H27NOS. The van der Waals surface area contributed by atoms with Crippen LogP contribution >= 0.6 is 11.8 Å². The second kappa shape index (κ2) is 6.87. The van der Waals surface area contributed by atoms with Gasteiger partial charge in [0.2, 0.25) is 0 Å². The summed E-state index contributed by atoms with van der Waals surface area (Å²) in [6.07, 6.45) is 3.92. The number of nitrogens with one attached hydrogen (secondary N) is 1. The first-order chi connectivity index (χ1) is 7.61. The van der Waals surface area contributed by atoms with Gasteiger partial charge in [0.05, 0.1) is 6.61 Å². The normalized spacial score (nSPS) is 28.5. The van der Waals surface area contributed by atoms with Crippen molar-refractivity contribution in [3.8, 4) is 0 Å². The summed E-state index contributed by atoms with van der Waals surface area (Å²) >= 11 is 2.08. The van der Waals surface area contributed by atoms with Crippen molar-refractivity contribution in [2.75, 3.05) is 26.0 Å². The molecule has 1 fully saturated rings. The second-order valence-electron chi connectivity index (χ2n) is 5.36.